The standard InChI is InChI=1S/C28H26P.ClH.H3P/c1-2-14-25-17-12-13-22-28(25)29(26-18-8-4-9-19-26,27-20-10-5-11-21-27)23-24-15-6-3-7-16-24;;/h2-13,15-22H,1,14,23H2;1H;1H3/q+1;;/p-1. The monoisotopic (exact) mass is 462 g/mol. The van der Waals surface area contributed by atoms with Gasteiger partial charge >= 0.3 is 0 Å². The molecule has 0 saturated carbocycles. The zero-order chi connectivity index (χ0) is 19.9. The van der Waals surface area contributed by atoms with Gasteiger partial charge in [0.25, 0.3) is 0 Å². The summed E-state index contributed by atoms with van der Waals surface area (Å²) in [4.78, 5) is 0. The van der Waals surface area contributed by atoms with Crippen LogP contribution in [0.5, 0.6) is 0 Å². The smallest absolute Gasteiger partial charge is 0.116 e. The summed E-state index contributed by atoms with van der Waals surface area (Å²) in [7, 11) is -1.89. The topological polar surface area (TPSA) is 0 Å². The molecule has 0 fully saturated rings. The molecule has 3 heteroatoms. The highest BCUT2D eigenvalue weighted by Crippen LogP contribution is 2.58. The Balaban J connectivity index is 0.00000171. The van der Waals surface area contributed by atoms with E-state index in [2.05, 4.69) is 122 Å². The van der Waals surface area contributed by atoms with Gasteiger partial charge in [0.05, 0.1) is 6.16 Å². The van der Waals surface area contributed by atoms with Gasteiger partial charge in [0.2, 0.25) is 0 Å². The number of hydrogen-bond acceptors (Lipinski definition) is 0. The van der Waals surface area contributed by atoms with Crippen LogP contribution in [0.25, 0.3) is 0 Å². The van der Waals surface area contributed by atoms with Crippen molar-refractivity contribution in [1.29, 1.82) is 0 Å². The molecule has 0 heterocycles. The number of halogens is 1. The summed E-state index contributed by atoms with van der Waals surface area (Å²) in [6.45, 7) is 4.02. The summed E-state index contributed by atoms with van der Waals surface area (Å²) in [6.07, 6.45) is 3.91. The lowest BCUT2D eigenvalue weighted by molar-refractivity contribution is -0.00000580. The molecular formula is C28H29ClP2. The largest absolute Gasteiger partial charge is 1.00 e. The summed E-state index contributed by atoms with van der Waals surface area (Å²) >= 11 is 0. The zero-order valence-corrected chi connectivity index (χ0v) is 20.8. The molecule has 4 aromatic rings. The zero-order valence-electron chi connectivity index (χ0n) is 17.7. The summed E-state index contributed by atoms with van der Waals surface area (Å²) in [5.41, 5.74) is 2.75. The molecule has 0 N–H and O–H groups in total. The van der Waals surface area contributed by atoms with E-state index in [0.717, 1.165) is 12.6 Å². The van der Waals surface area contributed by atoms with Crippen LogP contribution in [0, 0.1) is 0 Å². The molecule has 1 unspecified atom stereocenters. The van der Waals surface area contributed by atoms with Gasteiger partial charge in [-0.1, -0.05) is 91.0 Å². The fourth-order valence-electron chi connectivity index (χ4n) is 4.13. The van der Waals surface area contributed by atoms with Gasteiger partial charge in [-0.05, 0) is 47.9 Å². The first-order valence-electron chi connectivity index (χ1n) is 10.1. The highest BCUT2D eigenvalue weighted by Gasteiger charge is 2.46. The molecule has 0 radical (unpaired) electrons. The predicted octanol–water partition coefficient (Wildman–Crippen LogP) is 2.97. The van der Waals surface area contributed by atoms with Crippen LogP contribution >= 0.6 is 17.2 Å². The second-order valence-electron chi connectivity index (χ2n) is 7.25. The minimum Gasteiger partial charge on any atom is -1.00 e. The van der Waals surface area contributed by atoms with Gasteiger partial charge < -0.3 is 12.4 Å². The molecule has 31 heavy (non-hydrogen) atoms. The maximum atomic E-state index is 4.02. The quantitative estimate of drug-likeness (QED) is 0.293. The second kappa shape index (κ2) is 12.0. The normalized spacial score (nSPS) is 10.5. The Labute approximate surface area is 196 Å². The summed E-state index contributed by atoms with van der Waals surface area (Å²) in [5.74, 6) is 0. The summed E-state index contributed by atoms with van der Waals surface area (Å²) in [6, 6.07) is 42.0. The van der Waals surface area contributed by atoms with Crippen LogP contribution in [0.2, 0.25) is 0 Å². The first-order chi connectivity index (χ1) is 14.3. The van der Waals surface area contributed by atoms with E-state index in [1.54, 1.807) is 0 Å². The maximum Gasteiger partial charge on any atom is 0.116 e. The molecule has 0 aromatic heterocycles. The molecule has 158 valence electrons. The molecule has 0 bridgehead atoms. The Morgan fingerprint density at radius 3 is 1.58 bits per heavy atom. The van der Waals surface area contributed by atoms with Crippen LogP contribution in [0.3, 0.4) is 0 Å². The van der Waals surface area contributed by atoms with Crippen molar-refractivity contribution in [3.8, 4) is 0 Å². The Morgan fingerprint density at radius 2 is 1.06 bits per heavy atom. The van der Waals surface area contributed by atoms with Gasteiger partial charge in [-0.25, -0.2) is 0 Å². The third kappa shape index (κ3) is 5.34. The predicted molar refractivity (Wildman–Crippen MR) is 140 cm³/mol. The van der Waals surface area contributed by atoms with E-state index in [0.29, 0.717) is 0 Å². The van der Waals surface area contributed by atoms with Crippen LogP contribution < -0.4 is 28.3 Å². The van der Waals surface area contributed by atoms with Crippen molar-refractivity contribution < 1.29 is 12.4 Å². The summed E-state index contributed by atoms with van der Waals surface area (Å²) < 4.78 is 0. The number of hydrogen-bond donors (Lipinski definition) is 0. The SMILES string of the molecule is C=CCc1ccccc1[P+](Cc1ccccc1)(c1ccccc1)c1ccccc1.P.[Cl-]. The van der Waals surface area contributed by atoms with Crippen molar-refractivity contribution in [2.24, 2.45) is 0 Å². The van der Waals surface area contributed by atoms with Crippen LogP contribution in [0.15, 0.2) is 128 Å². The Morgan fingerprint density at radius 1 is 0.613 bits per heavy atom. The fourth-order valence-corrected chi connectivity index (χ4v) is 8.64. The molecule has 0 saturated heterocycles. The van der Waals surface area contributed by atoms with Gasteiger partial charge in [-0.2, -0.15) is 9.90 Å². The number of benzene rings is 4. The molecular weight excluding hydrogens is 434 g/mol. The third-order valence-electron chi connectivity index (χ3n) is 5.42. The molecule has 0 aliphatic heterocycles. The van der Waals surface area contributed by atoms with Crippen molar-refractivity contribution in [1.82, 2.24) is 0 Å². The second-order valence-corrected chi connectivity index (χ2v) is 10.7. The Hall–Kier alpha value is -2.23. The van der Waals surface area contributed by atoms with E-state index >= 15 is 0 Å². The molecule has 4 rings (SSSR count). The third-order valence-corrected chi connectivity index (χ3v) is 9.88. The maximum absolute atomic E-state index is 4.02. The summed E-state index contributed by atoms with van der Waals surface area (Å²) in [5, 5.41) is 4.30. The lowest BCUT2D eigenvalue weighted by Crippen LogP contribution is -3.00. The van der Waals surface area contributed by atoms with Gasteiger partial charge in [0, 0.05) is 0 Å². The van der Waals surface area contributed by atoms with Gasteiger partial charge in [-0.15, -0.1) is 6.58 Å². The van der Waals surface area contributed by atoms with Crippen molar-refractivity contribution >= 4 is 33.1 Å². The van der Waals surface area contributed by atoms with E-state index in [1.165, 1.54) is 27.0 Å². The van der Waals surface area contributed by atoms with Crippen molar-refractivity contribution in [3.05, 3.63) is 139 Å². The average Bonchev–Trinajstić information content (AvgIpc) is 2.80. The Bertz CT molecular complexity index is 1020. The van der Waals surface area contributed by atoms with Crippen molar-refractivity contribution in [2.45, 2.75) is 12.6 Å². The average molecular weight is 463 g/mol. The van der Waals surface area contributed by atoms with E-state index in [4.69, 9.17) is 0 Å². The van der Waals surface area contributed by atoms with Crippen LogP contribution in [0.4, 0.5) is 0 Å². The van der Waals surface area contributed by atoms with Gasteiger partial charge in [-0.3, -0.25) is 0 Å². The number of rotatable bonds is 7. The first kappa shape index (κ1) is 25.0. The molecule has 4 aromatic carbocycles. The van der Waals surface area contributed by atoms with Crippen LogP contribution in [-0.2, 0) is 12.6 Å². The minimum absolute atomic E-state index is 0. The van der Waals surface area contributed by atoms with E-state index in [1.807, 2.05) is 6.08 Å². The van der Waals surface area contributed by atoms with Gasteiger partial charge in [0.1, 0.15) is 23.2 Å². The minimum atomic E-state index is -1.89. The van der Waals surface area contributed by atoms with Crippen molar-refractivity contribution in [2.75, 3.05) is 0 Å². The van der Waals surface area contributed by atoms with E-state index < -0.39 is 7.26 Å². The highest BCUT2D eigenvalue weighted by molar-refractivity contribution is 7.95. The molecule has 0 spiro atoms. The van der Waals surface area contributed by atoms with Crippen LogP contribution in [0.1, 0.15) is 11.1 Å². The van der Waals surface area contributed by atoms with E-state index in [-0.39, 0.29) is 22.3 Å². The highest BCUT2D eigenvalue weighted by atomic mass is 35.5. The van der Waals surface area contributed by atoms with Crippen LogP contribution in [-0.4, -0.2) is 0 Å². The molecule has 1 atom stereocenters. The van der Waals surface area contributed by atoms with Crippen molar-refractivity contribution in [3.63, 3.8) is 0 Å². The lowest BCUT2D eigenvalue weighted by atomic mass is 10.1. The first-order valence-corrected chi connectivity index (χ1v) is 12.0. The molecule has 0 nitrogen and oxygen atoms in total. The fraction of sp³-hybridized carbons (Fsp3) is 0.0714. The number of allylic oxidation sites excluding steroid dienone is 1. The van der Waals surface area contributed by atoms with E-state index in [9.17, 15) is 0 Å². The molecule has 0 aliphatic carbocycles. The lowest BCUT2D eigenvalue weighted by Gasteiger charge is -2.29. The molecule has 0 amide bonds. The Kier molecular flexibility index (Phi) is 9.67. The molecule has 0 aliphatic rings. The van der Waals surface area contributed by atoms with Gasteiger partial charge in [0.15, 0.2) is 0 Å².